The molecule has 80 valence electrons. The van der Waals surface area contributed by atoms with E-state index in [9.17, 15) is 9.90 Å². The molecule has 0 fully saturated rings. The van der Waals surface area contributed by atoms with Gasteiger partial charge in [-0.2, -0.15) is 0 Å². The summed E-state index contributed by atoms with van der Waals surface area (Å²) in [6.07, 6.45) is 1.92. The van der Waals surface area contributed by atoms with Crippen molar-refractivity contribution in [3.8, 4) is 0 Å². The lowest BCUT2D eigenvalue weighted by Gasteiger charge is -2.10. The number of fused-ring (bicyclic) bond motifs is 1. The molecule has 0 spiro atoms. The number of benzene rings is 1. The van der Waals surface area contributed by atoms with Crippen molar-refractivity contribution in [2.45, 2.75) is 25.7 Å². The van der Waals surface area contributed by atoms with E-state index in [1.165, 1.54) is 18.1 Å². The molecule has 0 heterocycles. The quantitative estimate of drug-likeness (QED) is 0.771. The van der Waals surface area contributed by atoms with Crippen LogP contribution in [-0.4, -0.2) is 17.6 Å². The van der Waals surface area contributed by atoms with Gasteiger partial charge in [-0.05, 0) is 30.0 Å². The van der Waals surface area contributed by atoms with E-state index >= 15 is 0 Å². The first kappa shape index (κ1) is 10.2. The van der Waals surface area contributed by atoms with Crippen LogP contribution in [0, 0.1) is 0 Å². The Balaban J connectivity index is 2.35. The molecule has 0 bridgehead atoms. The van der Waals surface area contributed by atoms with E-state index in [1.807, 2.05) is 18.2 Å². The first-order valence-corrected chi connectivity index (χ1v) is 5.22. The Kier molecular flexibility index (Phi) is 2.73. The van der Waals surface area contributed by atoms with Gasteiger partial charge < -0.3 is 10.4 Å². The topological polar surface area (TPSA) is 49.3 Å². The molecule has 0 aliphatic heterocycles. The number of rotatable bonds is 2. The van der Waals surface area contributed by atoms with Crippen molar-refractivity contribution < 1.29 is 9.90 Å². The Morgan fingerprint density at radius 3 is 3.07 bits per heavy atom. The Morgan fingerprint density at radius 1 is 1.60 bits per heavy atom. The Hall–Kier alpha value is -1.35. The van der Waals surface area contributed by atoms with Gasteiger partial charge in [0.25, 0.3) is 0 Å². The Labute approximate surface area is 89.1 Å². The van der Waals surface area contributed by atoms with E-state index in [0.717, 1.165) is 18.5 Å². The molecule has 1 aromatic rings. The highest BCUT2D eigenvalue weighted by Crippen LogP contribution is 2.36. The number of anilines is 1. The van der Waals surface area contributed by atoms with Crippen molar-refractivity contribution in [1.29, 1.82) is 0 Å². The molecule has 0 saturated heterocycles. The lowest BCUT2D eigenvalue weighted by Crippen LogP contribution is -2.08. The van der Waals surface area contributed by atoms with Crippen LogP contribution in [0.1, 0.15) is 30.4 Å². The van der Waals surface area contributed by atoms with Crippen LogP contribution in [0.2, 0.25) is 0 Å². The highest BCUT2D eigenvalue weighted by atomic mass is 16.3. The molecule has 0 saturated carbocycles. The number of hydrogen-bond donors (Lipinski definition) is 2. The standard InChI is InChI=1S/C12H15NO2/c1-8(15)13-12-4-2-3-10-9(7-14)5-6-11(10)12/h2-4,9,14H,5-7H2,1H3,(H,13,15). The molecule has 1 atom stereocenters. The molecule has 3 heteroatoms. The van der Waals surface area contributed by atoms with E-state index < -0.39 is 0 Å². The second-order valence-electron chi connectivity index (χ2n) is 3.97. The first-order valence-electron chi connectivity index (χ1n) is 5.22. The van der Waals surface area contributed by atoms with E-state index in [2.05, 4.69) is 5.32 Å². The van der Waals surface area contributed by atoms with Gasteiger partial charge in [0, 0.05) is 25.1 Å². The zero-order valence-electron chi connectivity index (χ0n) is 8.79. The first-order chi connectivity index (χ1) is 7.22. The van der Waals surface area contributed by atoms with Crippen molar-refractivity contribution in [2.75, 3.05) is 11.9 Å². The van der Waals surface area contributed by atoms with Gasteiger partial charge in [-0.25, -0.2) is 0 Å². The van der Waals surface area contributed by atoms with Crippen LogP contribution in [0.5, 0.6) is 0 Å². The summed E-state index contributed by atoms with van der Waals surface area (Å²) in [7, 11) is 0. The van der Waals surface area contributed by atoms with E-state index in [1.54, 1.807) is 0 Å². The number of carbonyl (C=O) groups excluding carboxylic acids is 1. The summed E-state index contributed by atoms with van der Waals surface area (Å²) >= 11 is 0. The average Bonchev–Trinajstić information content (AvgIpc) is 2.61. The minimum atomic E-state index is -0.0455. The van der Waals surface area contributed by atoms with Crippen molar-refractivity contribution in [3.05, 3.63) is 29.3 Å². The molecular weight excluding hydrogens is 190 g/mol. The number of aliphatic hydroxyl groups is 1. The number of aliphatic hydroxyl groups excluding tert-OH is 1. The molecule has 2 rings (SSSR count). The fraction of sp³-hybridized carbons (Fsp3) is 0.417. The number of amides is 1. The molecule has 15 heavy (non-hydrogen) atoms. The lowest BCUT2D eigenvalue weighted by atomic mass is 10.0. The summed E-state index contributed by atoms with van der Waals surface area (Å²) in [5, 5.41) is 12.0. The summed E-state index contributed by atoms with van der Waals surface area (Å²) < 4.78 is 0. The Bertz CT molecular complexity index is 387. The Morgan fingerprint density at radius 2 is 2.40 bits per heavy atom. The van der Waals surface area contributed by atoms with Gasteiger partial charge in [-0.3, -0.25) is 4.79 Å². The zero-order chi connectivity index (χ0) is 10.8. The summed E-state index contributed by atoms with van der Waals surface area (Å²) in [5.41, 5.74) is 3.27. The number of hydrogen-bond acceptors (Lipinski definition) is 2. The highest BCUT2D eigenvalue weighted by molar-refractivity contribution is 5.89. The van der Waals surface area contributed by atoms with Crippen LogP contribution in [0.4, 0.5) is 5.69 Å². The number of nitrogens with one attached hydrogen (secondary N) is 1. The molecule has 2 N–H and O–H groups in total. The molecule has 1 aromatic carbocycles. The van der Waals surface area contributed by atoms with Crippen molar-refractivity contribution in [3.63, 3.8) is 0 Å². The van der Waals surface area contributed by atoms with E-state index in [4.69, 9.17) is 0 Å². The highest BCUT2D eigenvalue weighted by Gasteiger charge is 2.23. The van der Waals surface area contributed by atoms with Crippen molar-refractivity contribution >= 4 is 11.6 Å². The third-order valence-electron chi connectivity index (χ3n) is 2.93. The summed E-state index contributed by atoms with van der Waals surface area (Å²) in [6.45, 7) is 1.70. The van der Waals surface area contributed by atoms with Gasteiger partial charge in [-0.1, -0.05) is 12.1 Å². The summed E-state index contributed by atoms with van der Waals surface area (Å²) in [5.74, 6) is 0.199. The molecule has 1 unspecified atom stereocenters. The second-order valence-corrected chi connectivity index (χ2v) is 3.97. The normalized spacial score (nSPS) is 18.7. The maximum atomic E-state index is 11.0. The van der Waals surface area contributed by atoms with Crippen LogP contribution in [0.3, 0.4) is 0 Å². The van der Waals surface area contributed by atoms with Gasteiger partial charge >= 0.3 is 0 Å². The molecule has 0 aromatic heterocycles. The smallest absolute Gasteiger partial charge is 0.221 e. The largest absolute Gasteiger partial charge is 0.396 e. The SMILES string of the molecule is CC(=O)Nc1cccc2c1CCC2CO. The fourth-order valence-corrected chi connectivity index (χ4v) is 2.24. The van der Waals surface area contributed by atoms with Crippen LogP contribution >= 0.6 is 0 Å². The molecule has 3 nitrogen and oxygen atoms in total. The number of carbonyl (C=O) groups is 1. The maximum Gasteiger partial charge on any atom is 0.221 e. The summed E-state index contributed by atoms with van der Waals surface area (Å²) in [4.78, 5) is 11.0. The maximum absolute atomic E-state index is 11.0. The molecule has 1 amide bonds. The van der Waals surface area contributed by atoms with Crippen LogP contribution in [-0.2, 0) is 11.2 Å². The molecule has 1 aliphatic carbocycles. The second kappa shape index (κ2) is 4.03. The van der Waals surface area contributed by atoms with E-state index in [-0.39, 0.29) is 18.4 Å². The van der Waals surface area contributed by atoms with Crippen molar-refractivity contribution in [2.24, 2.45) is 0 Å². The monoisotopic (exact) mass is 205 g/mol. The molecule has 1 aliphatic rings. The van der Waals surface area contributed by atoms with Gasteiger partial charge in [-0.15, -0.1) is 0 Å². The van der Waals surface area contributed by atoms with Gasteiger partial charge in [0.05, 0.1) is 0 Å². The van der Waals surface area contributed by atoms with Gasteiger partial charge in [0.15, 0.2) is 0 Å². The zero-order valence-corrected chi connectivity index (χ0v) is 8.79. The predicted octanol–water partition coefficient (Wildman–Crippen LogP) is 1.67. The van der Waals surface area contributed by atoms with Gasteiger partial charge in [0.1, 0.15) is 0 Å². The fourth-order valence-electron chi connectivity index (χ4n) is 2.24. The average molecular weight is 205 g/mol. The molecular formula is C12H15NO2. The minimum Gasteiger partial charge on any atom is -0.396 e. The predicted molar refractivity (Wildman–Crippen MR) is 58.9 cm³/mol. The van der Waals surface area contributed by atoms with Crippen LogP contribution in [0.15, 0.2) is 18.2 Å². The third kappa shape index (κ3) is 1.88. The molecule has 0 radical (unpaired) electrons. The van der Waals surface area contributed by atoms with Crippen LogP contribution < -0.4 is 5.32 Å². The lowest BCUT2D eigenvalue weighted by molar-refractivity contribution is -0.114. The minimum absolute atomic E-state index is 0.0455. The van der Waals surface area contributed by atoms with Gasteiger partial charge in [0.2, 0.25) is 5.91 Å². The van der Waals surface area contributed by atoms with Crippen LogP contribution in [0.25, 0.3) is 0 Å². The van der Waals surface area contributed by atoms with E-state index in [0.29, 0.717) is 0 Å². The van der Waals surface area contributed by atoms with Crippen molar-refractivity contribution in [1.82, 2.24) is 0 Å². The summed E-state index contributed by atoms with van der Waals surface area (Å²) in [6, 6.07) is 5.88. The third-order valence-corrected chi connectivity index (χ3v) is 2.93.